The van der Waals surface area contributed by atoms with Gasteiger partial charge >= 0.3 is 0 Å². The molecule has 0 amide bonds. The number of oxime groups is 1. The fourth-order valence-corrected chi connectivity index (χ4v) is 3.29. The third kappa shape index (κ3) is 4.40. The maximum atomic E-state index is 9.00. The maximum absolute atomic E-state index is 9.00. The summed E-state index contributed by atoms with van der Waals surface area (Å²) in [6, 6.07) is 18.0. The molecule has 4 nitrogen and oxygen atoms in total. The summed E-state index contributed by atoms with van der Waals surface area (Å²) in [4.78, 5) is 0. The molecule has 3 aromatic carbocycles. The first-order valence-electron chi connectivity index (χ1n) is 9.15. The zero-order valence-corrected chi connectivity index (χ0v) is 16.0. The zero-order valence-electron chi connectivity index (χ0n) is 16.0. The normalized spacial score (nSPS) is 11.4. The molecule has 0 aliphatic rings. The second kappa shape index (κ2) is 8.58. The minimum absolute atomic E-state index is 0.398. The van der Waals surface area contributed by atoms with E-state index < -0.39 is 0 Å². The number of hydrogen-bond acceptors (Lipinski definition) is 4. The van der Waals surface area contributed by atoms with Crippen LogP contribution in [0.4, 0.5) is 0 Å². The first-order chi connectivity index (χ1) is 13.1. The molecule has 140 valence electrons. The molecule has 0 aliphatic heterocycles. The minimum atomic E-state index is 0.398. The minimum Gasteiger partial charge on any atom is -0.490 e. The summed E-state index contributed by atoms with van der Waals surface area (Å²) in [6.45, 7) is 7.31. The number of ether oxygens (including phenoxy) is 2. The van der Waals surface area contributed by atoms with Crippen LogP contribution < -0.4 is 9.47 Å². The summed E-state index contributed by atoms with van der Waals surface area (Å²) in [5.41, 5.74) is 3.33. The van der Waals surface area contributed by atoms with Gasteiger partial charge in [-0.2, -0.15) is 0 Å². The topological polar surface area (TPSA) is 51.0 Å². The Balaban J connectivity index is 1.65. The summed E-state index contributed by atoms with van der Waals surface area (Å²) in [5, 5.41) is 14.2. The first kappa shape index (κ1) is 18.8. The quantitative estimate of drug-likeness (QED) is 0.260. The van der Waals surface area contributed by atoms with Crippen LogP contribution in [-0.2, 0) is 0 Å². The Morgan fingerprint density at radius 3 is 2.52 bits per heavy atom. The van der Waals surface area contributed by atoms with Crippen molar-refractivity contribution in [2.45, 2.75) is 26.7 Å². The van der Waals surface area contributed by atoms with Crippen molar-refractivity contribution in [1.82, 2.24) is 0 Å². The van der Waals surface area contributed by atoms with Gasteiger partial charge in [-0.3, -0.25) is 0 Å². The van der Waals surface area contributed by atoms with E-state index in [9.17, 15) is 0 Å². The van der Waals surface area contributed by atoms with Crippen molar-refractivity contribution in [2.75, 3.05) is 13.2 Å². The van der Waals surface area contributed by atoms with Crippen LogP contribution >= 0.6 is 0 Å². The van der Waals surface area contributed by atoms with Crippen LogP contribution in [-0.4, -0.2) is 24.6 Å². The monoisotopic (exact) mass is 363 g/mol. The molecule has 0 spiro atoms. The molecule has 3 rings (SSSR count). The summed E-state index contributed by atoms with van der Waals surface area (Å²) < 4.78 is 11.7. The van der Waals surface area contributed by atoms with Gasteiger partial charge in [-0.25, -0.2) is 0 Å². The van der Waals surface area contributed by atoms with Gasteiger partial charge in [0.25, 0.3) is 0 Å². The van der Waals surface area contributed by atoms with E-state index >= 15 is 0 Å². The van der Waals surface area contributed by atoms with E-state index in [1.165, 1.54) is 17.3 Å². The summed E-state index contributed by atoms with van der Waals surface area (Å²) in [6.07, 6.45) is 1.41. The molecule has 0 radical (unpaired) electrons. The van der Waals surface area contributed by atoms with Crippen molar-refractivity contribution in [1.29, 1.82) is 0 Å². The van der Waals surface area contributed by atoms with Crippen LogP contribution in [0, 0.1) is 6.92 Å². The Morgan fingerprint density at radius 1 is 1.00 bits per heavy atom. The predicted octanol–water partition coefficient (Wildman–Crippen LogP) is 5.54. The van der Waals surface area contributed by atoms with E-state index in [0.29, 0.717) is 24.9 Å². The molecular weight excluding hydrogens is 338 g/mol. The van der Waals surface area contributed by atoms with E-state index in [4.69, 9.17) is 14.7 Å². The molecule has 1 N–H and O–H groups in total. The highest BCUT2D eigenvalue weighted by Gasteiger charge is 2.08. The molecular formula is C23H25NO3. The highest BCUT2D eigenvalue weighted by molar-refractivity contribution is 6.02. The van der Waals surface area contributed by atoms with Gasteiger partial charge in [0.05, 0.1) is 6.21 Å². The van der Waals surface area contributed by atoms with E-state index in [1.807, 2.05) is 42.5 Å². The number of nitrogens with zero attached hydrogens (tertiary/aromatic N) is 1. The van der Waals surface area contributed by atoms with Crippen molar-refractivity contribution in [3.05, 3.63) is 71.3 Å². The summed E-state index contributed by atoms with van der Waals surface area (Å²) in [7, 11) is 0. The lowest BCUT2D eigenvalue weighted by Crippen LogP contribution is -2.10. The van der Waals surface area contributed by atoms with Crippen molar-refractivity contribution < 1.29 is 14.7 Å². The number of fused-ring (bicyclic) bond motifs is 1. The fourth-order valence-electron chi connectivity index (χ4n) is 3.29. The molecule has 0 saturated carbocycles. The van der Waals surface area contributed by atoms with E-state index in [1.54, 1.807) is 0 Å². The Morgan fingerprint density at radius 2 is 1.78 bits per heavy atom. The third-order valence-corrected chi connectivity index (χ3v) is 4.59. The van der Waals surface area contributed by atoms with Gasteiger partial charge < -0.3 is 14.7 Å². The lowest BCUT2D eigenvalue weighted by Gasteiger charge is -2.14. The largest absolute Gasteiger partial charge is 0.490 e. The molecule has 27 heavy (non-hydrogen) atoms. The Labute approximate surface area is 160 Å². The van der Waals surface area contributed by atoms with E-state index in [2.05, 4.69) is 38.1 Å². The smallest absolute Gasteiger partial charge is 0.129 e. The van der Waals surface area contributed by atoms with Crippen LogP contribution in [0.1, 0.15) is 36.5 Å². The van der Waals surface area contributed by atoms with Gasteiger partial charge in [-0.15, -0.1) is 0 Å². The van der Waals surface area contributed by atoms with Crippen LogP contribution in [0.3, 0.4) is 0 Å². The standard InChI is InChI=1S/C23H25NO3/c1-16(2)20-10-9-19(14-17(20)3)26-12-13-27-23-11-8-18-6-4-5-7-21(18)22(23)15-24-25/h4-11,14-16,25H,12-13H2,1-3H3. The summed E-state index contributed by atoms with van der Waals surface area (Å²) in [5.74, 6) is 2.01. The number of hydrogen-bond donors (Lipinski definition) is 1. The molecule has 3 aromatic rings. The fraction of sp³-hybridized carbons (Fsp3) is 0.261. The van der Waals surface area contributed by atoms with Crippen LogP contribution in [0.25, 0.3) is 10.8 Å². The van der Waals surface area contributed by atoms with Crippen LogP contribution in [0.5, 0.6) is 11.5 Å². The molecule has 0 bridgehead atoms. The SMILES string of the molecule is Cc1cc(OCCOc2ccc3ccccc3c2C=NO)ccc1C(C)C. The number of benzene rings is 3. The lowest BCUT2D eigenvalue weighted by molar-refractivity contribution is 0.217. The van der Waals surface area contributed by atoms with Gasteiger partial charge in [-0.1, -0.05) is 55.4 Å². The third-order valence-electron chi connectivity index (χ3n) is 4.59. The van der Waals surface area contributed by atoms with Gasteiger partial charge in [0.1, 0.15) is 24.7 Å². The van der Waals surface area contributed by atoms with Crippen molar-refractivity contribution in [3.8, 4) is 11.5 Å². The van der Waals surface area contributed by atoms with Gasteiger partial charge in [-0.05, 0) is 52.9 Å². The van der Waals surface area contributed by atoms with Crippen molar-refractivity contribution >= 4 is 17.0 Å². The predicted molar refractivity (Wildman–Crippen MR) is 110 cm³/mol. The molecule has 0 saturated heterocycles. The molecule has 0 aliphatic carbocycles. The van der Waals surface area contributed by atoms with E-state index in [-0.39, 0.29) is 0 Å². The molecule has 0 fully saturated rings. The first-order valence-corrected chi connectivity index (χ1v) is 9.15. The van der Waals surface area contributed by atoms with Crippen LogP contribution in [0.15, 0.2) is 59.8 Å². The second-order valence-corrected chi connectivity index (χ2v) is 6.81. The summed E-state index contributed by atoms with van der Waals surface area (Å²) >= 11 is 0. The average molecular weight is 363 g/mol. The highest BCUT2D eigenvalue weighted by atomic mass is 16.5. The Bertz CT molecular complexity index is 948. The van der Waals surface area contributed by atoms with Gasteiger partial charge in [0.2, 0.25) is 0 Å². The van der Waals surface area contributed by atoms with Gasteiger partial charge in [0.15, 0.2) is 0 Å². The van der Waals surface area contributed by atoms with E-state index in [0.717, 1.165) is 22.1 Å². The number of aryl methyl sites for hydroxylation is 1. The molecule has 0 aromatic heterocycles. The second-order valence-electron chi connectivity index (χ2n) is 6.81. The lowest BCUT2D eigenvalue weighted by atomic mass is 9.98. The Kier molecular flexibility index (Phi) is 5.97. The van der Waals surface area contributed by atoms with Gasteiger partial charge in [0, 0.05) is 5.56 Å². The molecule has 0 atom stereocenters. The molecule has 0 unspecified atom stereocenters. The maximum Gasteiger partial charge on any atom is 0.129 e. The van der Waals surface area contributed by atoms with Crippen molar-refractivity contribution in [2.24, 2.45) is 5.16 Å². The molecule has 0 heterocycles. The van der Waals surface area contributed by atoms with Crippen LogP contribution in [0.2, 0.25) is 0 Å². The Hall–Kier alpha value is -3.01. The average Bonchev–Trinajstić information content (AvgIpc) is 2.66. The zero-order chi connectivity index (χ0) is 19.2. The highest BCUT2D eigenvalue weighted by Crippen LogP contribution is 2.27. The number of rotatable bonds is 7. The van der Waals surface area contributed by atoms with Crippen molar-refractivity contribution in [3.63, 3.8) is 0 Å². The molecule has 4 heteroatoms.